The van der Waals surface area contributed by atoms with Crippen LogP contribution in [-0.4, -0.2) is 35.2 Å². The minimum atomic E-state index is -4.42. The minimum Gasteiger partial charge on any atom is -0.326 e. The van der Waals surface area contributed by atoms with Crippen LogP contribution in [-0.2, 0) is 25.3 Å². The molecule has 0 saturated carbocycles. The van der Waals surface area contributed by atoms with Gasteiger partial charge in [0, 0.05) is 18.4 Å². The van der Waals surface area contributed by atoms with Gasteiger partial charge in [-0.1, -0.05) is 33.4 Å². The molecule has 2 rings (SSSR count). The number of allylic oxidation sites excluding steroid dienone is 1. The molecule has 0 atom stereocenters. The third kappa shape index (κ3) is 8.10. The molecule has 0 spiro atoms. The molecule has 12 heteroatoms. The first-order valence-electron chi connectivity index (χ1n) is 10.3. The van der Waals surface area contributed by atoms with Crippen molar-refractivity contribution in [3.63, 3.8) is 0 Å². The fourth-order valence-corrected chi connectivity index (χ4v) is 4.65. The van der Waals surface area contributed by atoms with Crippen molar-refractivity contribution in [2.45, 2.75) is 55.0 Å². The number of rotatable bonds is 8. The number of hydrogen-bond acceptors (Lipinski definition) is 5. The van der Waals surface area contributed by atoms with Crippen molar-refractivity contribution in [1.82, 2.24) is 5.32 Å². The Bertz CT molecular complexity index is 1330. The van der Waals surface area contributed by atoms with Crippen molar-refractivity contribution >= 4 is 31.5 Å². The van der Waals surface area contributed by atoms with Crippen LogP contribution in [0.2, 0.25) is 0 Å². The normalized spacial score (nSPS) is 12.8. The standard InChI is InChI=1S/C23H27F3N2O5S2/c1-15(12-13-23(24,25)26)27-21(29)19-11-6-16(22(2,3)4)14-20(19)28-35(32,33)18-9-7-17(8-10-18)34(5,30)31/h6-11,14,28H,1,12-13H2,2-5H3,(H,27,29). The zero-order chi connectivity index (χ0) is 26.8. The van der Waals surface area contributed by atoms with Gasteiger partial charge in [-0.3, -0.25) is 9.52 Å². The van der Waals surface area contributed by atoms with Gasteiger partial charge in [-0.2, -0.15) is 13.2 Å². The van der Waals surface area contributed by atoms with Gasteiger partial charge in [0.2, 0.25) is 0 Å². The fourth-order valence-electron chi connectivity index (χ4n) is 2.95. The van der Waals surface area contributed by atoms with Gasteiger partial charge in [0.05, 0.1) is 21.0 Å². The number of benzene rings is 2. The summed E-state index contributed by atoms with van der Waals surface area (Å²) >= 11 is 0. The molecule has 0 heterocycles. The van der Waals surface area contributed by atoms with E-state index in [0.29, 0.717) is 5.56 Å². The summed E-state index contributed by atoms with van der Waals surface area (Å²) in [5.74, 6) is -0.831. The Labute approximate surface area is 203 Å². The molecule has 0 aliphatic heterocycles. The molecule has 2 N–H and O–H groups in total. The zero-order valence-corrected chi connectivity index (χ0v) is 21.3. The molecule has 0 saturated heterocycles. The van der Waals surface area contributed by atoms with Crippen LogP contribution >= 0.6 is 0 Å². The van der Waals surface area contributed by atoms with Gasteiger partial charge in [-0.25, -0.2) is 16.8 Å². The van der Waals surface area contributed by atoms with Crippen LogP contribution in [0.25, 0.3) is 0 Å². The van der Waals surface area contributed by atoms with E-state index >= 15 is 0 Å². The highest BCUT2D eigenvalue weighted by atomic mass is 32.2. The van der Waals surface area contributed by atoms with Crippen molar-refractivity contribution in [2.24, 2.45) is 0 Å². The van der Waals surface area contributed by atoms with E-state index < -0.39 is 50.2 Å². The lowest BCUT2D eigenvalue weighted by atomic mass is 9.86. The summed E-state index contributed by atoms with van der Waals surface area (Å²) in [5, 5.41) is 2.28. The highest BCUT2D eigenvalue weighted by Gasteiger charge is 2.27. The summed E-state index contributed by atoms with van der Waals surface area (Å²) in [6, 6.07) is 8.98. The number of alkyl halides is 3. The number of amides is 1. The van der Waals surface area contributed by atoms with Crippen LogP contribution in [0, 0.1) is 0 Å². The maximum absolute atomic E-state index is 13.0. The van der Waals surface area contributed by atoms with E-state index in [2.05, 4.69) is 16.6 Å². The quantitative estimate of drug-likeness (QED) is 0.509. The first kappa shape index (κ1) is 28.4. The second kappa shape index (κ2) is 10.0. The minimum absolute atomic E-state index is 0.0661. The Morgan fingerprint density at radius 2 is 1.49 bits per heavy atom. The van der Waals surface area contributed by atoms with E-state index in [9.17, 15) is 34.8 Å². The SMILES string of the molecule is C=C(CCC(F)(F)F)NC(=O)c1ccc(C(C)(C)C)cc1NS(=O)(=O)c1ccc(S(C)(=O)=O)cc1. The van der Waals surface area contributed by atoms with E-state index in [-0.39, 0.29) is 26.7 Å². The van der Waals surface area contributed by atoms with Crippen LogP contribution < -0.4 is 10.0 Å². The Morgan fingerprint density at radius 1 is 0.943 bits per heavy atom. The molecule has 35 heavy (non-hydrogen) atoms. The average molecular weight is 533 g/mol. The molecule has 7 nitrogen and oxygen atoms in total. The third-order valence-corrected chi connectivity index (χ3v) is 7.45. The highest BCUT2D eigenvalue weighted by molar-refractivity contribution is 7.92. The first-order valence-corrected chi connectivity index (χ1v) is 13.7. The number of sulfone groups is 1. The molecule has 0 bridgehead atoms. The molecule has 0 fully saturated rings. The molecule has 0 aliphatic rings. The van der Waals surface area contributed by atoms with Crippen LogP contribution in [0.15, 0.2) is 64.5 Å². The lowest BCUT2D eigenvalue weighted by Crippen LogP contribution is -2.26. The summed E-state index contributed by atoms with van der Waals surface area (Å²) < 4.78 is 89.0. The summed E-state index contributed by atoms with van der Waals surface area (Å²) in [5.41, 5.74) is -0.108. The monoisotopic (exact) mass is 532 g/mol. The van der Waals surface area contributed by atoms with Gasteiger partial charge in [0.1, 0.15) is 0 Å². The fraction of sp³-hybridized carbons (Fsp3) is 0.348. The van der Waals surface area contributed by atoms with E-state index in [1.807, 2.05) is 20.8 Å². The molecule has 0 unspecified atom stereocenters. The first-order chi connectivity index (χ1) is 15.8. The third-order valence-electron chi connectivity index (χ3n) is 4.94. The van der Waals surface area contributed by atoms with E-state index in [0.717, 1.165) is 30.5 Å². The van der Waals surface area contributed by atoms with Crippen LogP contribution in [0.5, 0.6) is 0 Å². The second-order valence-electron chi connectivity index (χ2n) is 9.03. The van der Waals surface area contributed by atoms with E-state index in [1.165, 1.54) is 12.1 Å². The number of halogens is 3. The molecule has 1 amide bonds. The summed E-state index contributed by atoms with van der Waals surface area (Å²) in [6.07, 6.45) is -5.13. The Kier molecular flexibility index (Phi) is 8.12. The molecule has 0 radical (unpaired) electrons. The number of carbonyl (C=O) groups excluding carboxylic acids is 1. The van der Waals surface area contributed by atoms with Crippen LogP contribution in [0.3, 0.4) is 0 Å². The maximum Gasteiger partial charge on any atom is 0.389 e. The Morgan fingerprint density at radius 3 is 1.97 bits per heavy atom. The predicted octanol–water partition coefficient (Wildman–Crippen LogP) is 4.77. The van der Waals surface area contributed by atoms with Crippen molar-refractivity contribution in [3.05, 3.63) is 65.9 Å². The van der Waals surface area contributed by atoms with E-state index in [4.69, 9.17) is 0 Å². The lowest BCUT2D eigenvalue weighted by Gasteiger charge is -2.22. The van der Waals surface area contributed by atoms with Gasteiger partial charge >= 0.3 is 6.18 Å². The molecule has 0 aliphatic carbocycles. The Hall–Kier alpha value is -2.86. The average Bonchev–Trinajstić information content (AvgIpc) is 2.70. The van der Waals surface area contributed by atoms with Crippen LogP contribution in [0.1, 0.15) is 49.5 Å². The number of anilines is 1. The smallest absolute Gasteiger partial charge is 0.326 e. The van der Waals surface area contributed by atoms with Crippen molar-refractivity contribution in [1.29, 1.82) is 0 Å². The summed E-state index contributed by atoms with van der Waals surface area (Å²) in [6.45, 7) is 9.07. The molecule has 2 aromatic carbocycles. The largest absolute Gasteiger partial charge is 0.389 e. The van der Waals surface area contributed by atoms with Crippen molar-refractivity contribution in [3.8, 4) is 0 Å². The molecular formula is C23H27F3N2O5S2. The summed E-state index contributed by atoms with van der Waals surface area (Å²) in [7, 11) is -7.78. The highest BCUT2D eigenvalue weighted by Crippen LogP contribution is 2.30. The lowest BCUT2D eigenvalue weighted by molar-refractivity contribution is -0.134. The molecule has 192 valence electrons. The number of nitrogens with one attached hydrogen (secondary N) is 2. The van der Waals surface area contributed by atoms with Crippen LogP contribution in [0.4, 0.5) is 18.9 Å². The van der Waals surface area contributed by atoms with E-state index in [1.54, 1.807) is 6.07 Å². The molecule has 0 aromatic heterocycles. The predicted molar refractivity (Wildman–Crippen MR) is 127 cm³/mol. The van der Waals surface area contributed by atoms with Crippen molar-refractivity contribution < 1.29 is 34.8 Å². The molecule has 2 aromatic rings. The van der Waals surface area contributed by atoms with Gasteiger partial charge < -0.3 is 5.32 Å². The van der Waals surface area contributed by atoms with Gasteiger partial charge in [0.25, 0.3) is 15.9 Å². The number of carbonyl (C=O) groups is 1. The van der Waals surface area contributed by atoms with Crippen molar-refractivity contribution in [2.75, 3.05) is 11.0 Å². The Balaban J connectivity index is 2.41. The second-order valence-corrected chi connectivity index (χ2v) is 12.7. The van der Waals surface area contributed by atoms with Gasteiger partial charge in [0.15, 0.2) is 9.84 Å². The maximum atomic E-state index is 13.0. The summed E-state index contributed by atoms with van der Waals surface area (Å²) in [4.78, 5) is 12.5. The topological polar surface area (TPSA) is 109 Å². The van der Waals surface area contributed by atoms with Gasteiger partial charge in [-0.15, -0.1) is 0 Å². The number of hydrogen-bond donors (Lipinski definition) is 2. The number of sulfonamides is 1. The van der Waals surface area contributed by atoms with Gasteiger partial charge in [-0.05, 0) is 53.8 Å². The zero-order valence-electron chi connectivity index (χ0n) is 19.7. The molecular weight excluding hydrogens is 505 g/mol.